The highest BCUT2D eigenvalue weighted by atomic mass is 35.5. The Labute approximate surface area is 203 Å². The highest BCUT2D eigenvalue weighted by Gasteiger charge is 2.30. The molecule has 1 aromatic carbocycles. The third-order valence-corrected chi connectivity index (χ3v) is 7.16. The van der Waals surface area contributed by atoms with E-state index in [9.17, 15) is 14.4 Å². The van der Waals surface area contributed by atoms with E-state index in [-0.39, 0.29) is 36.1 Å². The van der Waals surface area contributed by atoms with E-state index in [2.05, 4.69) is 27.5 Å². The van der Waals surface area contributed by atoms with Crippen LogP contribution >= 0.6 is 22.9 Å². The largest absolute Gasteiger partial charge is 0.351 e. The maximum absolute atomic E-state index is 13.3. The summed E-state index contributed by atoms with van der Waals surface area (Å²) < 4.78 is 0.938. The number of hydrogen-bond acceptors (Lipinski definition) is 5. The molecule has 1 heterocycles. The molecule has 3 rings (SSSR count). The van der Waals surface area contributed by atoms with Crippen molar-refractivity contribution in [3.05, 3.63) is 40.9 Å². The van der Waals surface area contributed by atoms with Crippen molar-refractivity contribution in [2.75, 3.05) is 6.54 Å². The van der Waals surface area contributed by atoms with Gasteiger partial charge in [0, 0.05) is 30.5 Å². The van der Waals surface area contributed by atoms with Gasteiger partial charge in [-0.1, -0.05) is 37.9 Å². The third-order valence-electron chi connectivity index (χ3n) is 5.88. The Morgan fingerprint density at radius 3 is 2.73 bits per heavy atom. The predicted molar refractivity (Wildman–Crippen MR) is 132 cm³/mol. The average molecular weight is 491 g/mol. The lowest BCUT2D eigenvalue weighted by atomic mass is 9.97. The zero-order valence-electron chi connectivity index (χ0n) is 18.9. The Morgan fingerprint density at radius 1 is 1.27 bits per heavy atom. The zero-order chi connectivity index (χ0) is 23.8. The fourth-order valence-corrected chi connectivity index (χ4v) is 5.46. The van der Waals surface area contributed by atoms with Gasteiger partial charge in [0.2, 0.25) is 17.7 Å². The molecule has 33 heavy (non-hydrogen) atoms. The Hall–Kier alpha value is -2.45. The summed E-state index contributed by atoms with van der Waals surface area (Å²) in [5.41, 5.74) is 0.814. The second-order valence-corrected chi connectivity index (χ2v) is 9.95. The molecule has 3 amide bonds. The number of nitrogens with one attached hydrogen (secondary N) is 3. The number of hydrogen-bond donors (Lipinski definition) is 3. The SMILES string of the molecule is C=CC(=O)NC[C@@H](NC(=O)[C@H](Cc1nc2ccc(Cl)cc2s1)NC(=O)CCC)C1CCCC1. The average Bonchev–Trinajstić information content (AvgIpc) is 3.45. The van der Waals surface area contributed by atoms with Gasteiger partial charge in [-0.05, 0) is 49.5 Å². The van der Waals surface area contributed by atoms with Crippen molar-refractivity contribution >= 4 is 50.9 Å². The first-order chi connectivity index (χ1) is 15.9. The summed E-state index contributed by atoms with van der Waals surface area (Å²) >= 11 is 7.56. The molecule has 1 fully saturated rings. The summed E-state index contributed by atoms with van der Waals surface area (Å²) in [6.07, 6.45) is 6.77. The molecular formula is C24H31ClN4O3S. The van der Waals surface area contributed by atoms with Crippen LogP contribution in [0, 0.1) is 5.92 Å². The maximum Gasteiger partial charge on any atom is 0.243 e. The van der Waals surface area contributed by atoms with Gasteiger partial charge in [-0.15, -0.1) is 11.3 Å². The first-order valence-corrected chi connectivity index (χ1v) is 12.6. The zero-order valence-corrected chi connectivity index (χ0v) is 20.4. The summed E-state index contributed by atoms with van der Waals surface area (Å²) in [6, 6.07) is 4.52. The Bertz CT molecular complexity index is 1000. The fourth-order valence-electron chi connectivity index (χ4n) is 4.17. The van der Waals surface area contributed by atoms with Crippen LogP contribution in [-0.4, -0.2) is 41.3 Å². The Morgan fingerprint density at radius 2 is 2.03 bits per heavy atom. The van der Waals surface area contributed by atoms with E-state index < -0.39 is 6.04 Å². The number of carbonyl (C=O) groups excluding carboxylic acids is 3. The first-order valence-electron chi connectivity index (χ1n) is 11.4. The molecule has 0 bridgehead atoms. The lowest BCUT2D eigenvalue weighted by Gasteiger charge is -2.27. The highest BCUT2D eigenvalue weighted by Crippen LogP contribution is 2.28. The molecule has 1 aromatic heterocycles. The van der Waals surface area contributed by atoms with Crippen LogP contribution in [0.1, 0.15) is 50.5 Å². The van der Waals surface area contributed by atoms with Crippen molar-refractivity contribution < 1.29 is 14.4 Å². The van der Waals surface area contributed by atoms with E-state index in [1.54, 1.807) is 6.07 Å². The number of aromatic nitrogens is 1. The quantitative estimate of drug-likeness (QED) is 0.417. The minimum absolute atomic E-state index is 0.167. The molecule has 1 saturated carbocycles. The van der Waals surface area contributed by atoms with E-state index in [1.165, 1.54) is 17.4 Å². The van der Waals surface area contributed by atoms with Crippen LogP contribution in [0.15, 0.2) is 30.9 Å². The topological polar surface area (TPSA) is 100 Å². The lowest BCUT2D eigenvalue weighted by Crippen LogP contribution is -2.54. The molecule has 0 spiro atoms. The first kappa shape index (κ1) is 25.2. The molecule has 0 unspecified atom stereocenters. The molecule has 0 aliphatic heterocycles. The maximum atomic E-state index is 13.3. The van der Waals surface area contributed by atoms with Crippen molar-refractivity contribution in [2.45, 2.75) is 64.0 Å². The van der Waals surface area contributed by atoms with Gasteiger partial charge in [-0.3, -0.25) is 14.4 Å². The number of halogens is 1. The number of nitrogens with zero attached hydrogens (tertiary/aromatic N) is 1. The standard InChI is InChI=1S/C24H31ClN4O3S/c1-3-7-22(31)27-18(13-23-28-17-11-10-16(25)12-20(17)33-23)24(32)29-19(14-26-21(30)4-2)15-8-5-6-9-15/h4,10-12,15,18-19H,2-3,5-9,13-14H2,1H3,(H,26,30)(H,27,31)(H,29,32)/t18-,19+/m0/s1. The van der Waals surface area contributed by atoms with Crippen molar-refractivity contribution in [2.24, 2.45) is 5.92 Å². The number of benzene rings is 1. The minimum atomic E-state index is -0.751. The molecular weight excluding hydrogens is 460 g/mol. The van der Waals surface area contributed by atoms with Crippen LogP contribution in [0.4, 0.5) is 0 Å². The van der Waals surface area contributed by atoms with Gasteiger partial charge in [0.15, 0.2) is 0 Å². The monoisotopic (exact) mass is 490 g/mol. The predicted octanol–water partition coefficient (Wildman–Crippen LogP) is 3.75. The second-order valence-electron chi connectivity index (χ2n) is 8.40. The normalized spacial score (nSPS) is 15.7. The molecule has 178 valence electrons. The Kier molecular flexibility index (Phi) is 9.26. The molecule has 0 saturated heterocycles. The number of amides is 3. The summed E-state index contributed by atoms with van der Waals surface area (Å²) in [5, 5.41) is 10.2. The van der Waals surface area contributed by atoms with E-state index in [0.717, 1.165) is 40.9 Å². The smallest absolute Gasteiger partial charge is 0.243 e. The number of fused-ring (bicyclic) bond motifs is 1. The van der Waals surface area contributed by atoms with Crippen LogP contribution < -0.4 is 16.0 Å². The fraction of sp³-hybridized carbons (Fsp3) is 0.500. The van der Waals surface area contributed by atoms with E-state index in [4.69, 9.17) is 11.6 Å². The molecule has 2 aromatic rings. The van der Waals surface area contributed by atoms with Crippen molar-refractivity contribution in [1.82, 2.24) is 20.9 Å². The highest BCUT2D eigenvalue weighted by molar-refractivity contribution is 7.18. The molecule has 2 atom stereocenters. The number of rotatable bonds is 11. The number of thiazole rings is 1. The van der Waals surface area contributed by atoms with Gasteiger partial charge >= 0.3 is 0 Å². The van der Waals surface area contributed by atoms with E-state index >= 15 is 0 Å². The van der Waals surface area contributed by atoms with Crippen molar-refractivity contribution in [3.63, 3.8) is 0 Å². The molecule has 7 nitrogen and oxygen atoms in total. The van der Waals surface area contributed by atoms with Crippen LogP contribution in [0.5, 0.6) is 0 Å². The van der Waals surface area contributed by atoms with Gasteiger partial charge in [-0.2, -0.15) is 0 Å². The molecule has 3 N–H and O–H groups in total. The van der Waals surface area contributed by atoms with Crippen LogP contribution in [0.25, 0.3) is 10.2 Å². The van der Waals surface area contributed by atoms with E-state index in [0.29, 0.717) is 24.4 Å². The van der Waals surface area contributed by atoms with Crippen LogP contribution in [-0.2, 0) is 20.8 Å². The van der Waals surface area contributed by atoms with E-state index in [1.807, 2.05) is 19.1 Å². The Balaban J connectivity index is 1.76. The third kappa shape index (κ3) is 7.27. The summed E-state index contributed by atoms with van der Waals surface area (Å²) in [6.45, 7) is 5.74. The van der Waals surface area contributed by atoms with Gasteiger partial charge in [-0.25, -0.2) is 4.98 Å². The van der Waals surface area contributed by atoms with Gasteiger partial charge in [0.05, 0.1) is 15.2 Å². The van der Waals surface area contributed by atoms with Crippen molar-refractivity contribution in [3.8, 4) is 0 Å². The molecule has 1 aliphatic rings. The van der Waals surface area contributed by atoms with Gasteiger partial charge in [0.25, 0.3) is 0 Å². The summed E-state index contributed by atoms with van der Waals surface area (Å²) in [7, 11) is 0. The molecule has 9 heteroatoms. The van der Waals surface area contributed by atoms with Gasteiger partial charge < -0.3 is 16.0 Å². The number of carbonyl (C=O) groups is 3. The van der Waals surface area contributed by atoms with Gasteiger partial charge in [0.1, 0.15) is 6.04 Å². The van der Waals surface area contributed by atoms with Crippen LogP contribution in [0.3, 0.4) is 0 Å². The lowest BCUT2D eigenvalue weighted by molar-refractivity contribution is -0.129. The van der Waals surface area contributed by atoms with Crippen molar-refractivity contribution in [1.29, 1.82) is 0 Å². The summed E-state index contributed by atoms with van der Waals surface area (Å²) in [5.74, 6) is -0.412. The second kappa shape index (κ2) is 12.1. The minimum Gasteiger partial charge on any atom is -0.351 e. The summed E-state index contributed by atoms with van der Waals surface area (Å²) in [4.78, 5) is 42.0. The molecule has 1 aliphatic carbocycles. The molecule has 0 radical (unpaired) electrons. The van der Waals surface area contributed by atoms with Crippen LogP contribution in [0.2, 0.25) is 5.02 Å².